The lowest BCUT2D eigenvalue weighted by Gasteiger charge is -2.08. The van der Waals surface area contributed by atoms with E-state index < -0.39 is 5.97 Å². The van der Waals surface area contributed by atoms with Crippen LogP contribution in [-0.4, -0.2) is 44.7 Å². The van der Waals surface area contributed by atoms with Gasteiger partial charge in [-0.1, -0.05) is 18.1 Å². The second-order valence-corrected chi connectivity index (χ2v) is 5.16. The molecule has 2 rings (SSSR count). The molecule has 0 saturated carbocycles. The molecule has 0 bridgehead atoms. The Labute approximate surface area is 139 Å². The van der Waals surface area contributed by atoms with Crippen molar-refractivity contribution < 1.29 is 14.3 Å². The Morgan fingerprint density at radius 3 is 2.92 bits per heavy atom. The molecule has 0 radical (unpaired) electrons. The number of carbonyl (C=O) groups is 2. The van der Waals surface area contributed by atoms with Gasteiger partial charge in [0.05, 0.1) is 18.2 Å². The Bertz CT molecular complexity index is 776. The van der Waals surface area contributed by atoms with Crippen LogP contribution in [0.2, 0.25) is 0 Å². The van der Waals surface area contributed by atoms with Gasteiger partial charge < -0.3 is 10.1 Å². The van der Waals surface area contributed by atoms with Crippen molar-refractivity contribution >= 4 is 11.9 Å². The molecule has 0 aliphatic heterocycles. The number of tetrazole rings is 1. The summed E-state index contributed by atoms with van der Waals surface area (Å²) in [4.78, 5) is 24.7. The van der Waals surface area contributed by atoms with Crippen LogP contribution >= 0.6 is 0 Å². The molecule has 24 heavy (non-hydrogen) atoms. The van der Waals surface area contributed by atoms with Gasteiger partial charge in [0, 0.05) is 5.56 Å². The number of terminal acetylenes is 1. The van der Waals surface area contributed by atoms with Gasteiger partial charge in [0.25, 0.3) is 0 Å². The standard InChI is InChI=1S/C16H17N5O3/c1-4-8-17-14(22)10-21-19-15(18-20-21)12-6-5-7-13(9-12)16(23)24-11(2)3/h1,5-7,9,11H,8,10H2,2-3H3,(H,17,22). The molecule has 1 amide bonds. The number of esters is 1. The lowest BCUT2D eigenvalue weighted by molar-refractivity contribution is -0.121. The average molecular weight is 327 g/mol. The fourth-order valence-electron chi connectivity index (χ4n) is 1.83. The summed E-state index contributed by atoms with van der Waals surface area (Å²) in [7, 11) is 0. The molecule has 0 aliphatic carbocycles. The summed E-state index contributed by atoms with van der Waals surface area (Å²) in [6, 6.07) is 6.70. The predicted molar refractivity (Wildman–Crippen MR) is 85.6 cm³/mol. The third kappa shape index (κ3) is 4.64. The van der Waals surface area contributed by atoms with Crippen molar-refractivity contribution in [2.45, 2.75) is 26.5 Å². The molecule has 0 spiro atoms. The van der Waals surface area contributed by atoms with Crippen LogP contribution in [-0.2, 0) is 16.1 Å². The van der Waals surface area contributed by atoms with Crippen molar-refractivity contribution in [2.75, 3.05) is 6.54 Å². The fourth-order valence-corrected chi connectivity index (χ4v) is 1.83. The molecule has 0 aliphatic rings. The van der Waals surface area contributed by atoms with E-state index in [9.17, 15) is 9.59 Å². The zero-order valence-corrected chi connectivity index (χ0v) is 13.4. The summed E-state index contributed by atoms with van der Waals surface area (Å²) in [6.07, 6.45) is 4.86. The van der Waals surface area contributed by atoms with E-state index in [0.717, 1.165) is 4.80 Å². The van der Waals surface area contributed by atoms with Gasteiger partial charge in [-0.15, -0.1) is 16.6 Å². The molecule has 1 aromatic heterocycles. The number of amides is 1. The monoisotopic (exact) mass is 327 g/mol. The third-order valence-corrected chi connectivity index (χ3v) is 2.82. The smallest absolute Gasteiger partial charge is 0.338 e. The minimum absolute atomic E-state index is 0.0935. The van der Waals surface area contributed by atoms with Crippen molar-refractivity contribution in [1.29, 1.82) is 0 Å². The maximum Gasteiger partial charge on any atom is 0.338 e. The first-order chi connectivity index (χ1) is 11.5. The van der Waals surface area contributed by atoms with Crippen LogP contribution in [0, 0.1) is 12.3 Å². The molecular formula is C16H17N5O3. The van der Waals surface area contributed by atoms with Gasteiger partial charge in [0.15, 0.2) is 0 Å². The highest BCUT2D eigenvalue weighted by molar-refractivity contribution is 5.90. The molecular weight excluding hydrogens is 310 g/mol. The van der Waals surface area contributed by atoms with E-state index in [4.69, 9.17) is 11.2 Å². The summed E-state index contributed by atoms with van der Waals surface area (Å²) >= 11 is 0. The quantitative estimate of drug-likeness (QED) is 0.618. The first kappa shape index (κ1) is 17.1. The first-order valence-corrected chi connectivity index (χ1v) is 7.29. The van der Waals surface area contributed by atoms with Gasteiger partial charge in [-0.25, -0.2) is 4.79 Å². The Kier molecular flexibility index (Phi) is 5.63. The molecule has 0 saturated heterocycles. The van der Waals surface area contributed by atoms with Crippen LogP contribution in [0.4, 0.5) is 0 Å². The van der Waals surface area contributed by atoms with E-state index in [1.54, 1.807) is 38.1 Å². The third-order valence-electron chi connectivity index (χ3n) is 2.82. The highest BCUT2D eigenvalue weighted by Gasteiger charge is 2.13. The van der Waals surface area contributed by atoms with Gasteiger partial charge in [-0.2, -0.15) is 4.80 Å². The van der Waals surface area contributed by atoms with E-state index in [0.29, 0.717) is 17.0 Å². The topological polar surface area (TPSA) is 99.0 Å². The average Bonchev–Trinajstić information content (AvgIpc) is 3.01. The van der Waals surface area contributed by atoms with Crippen molar-refractivity contribution in [3.05, 3.63) is 29.8 Å². The number of carbonyl (C=O) groups excluding carboxylic acids is 2. The van der Waals surface area contributed by atoms with Crippen LogP contribution in [0.25, 0.3) is 11.4 Å². The number of nitrogens with zero attached hydrogens (tertiary/aromatic N) is 4. The second kappa shape index (κ2) is 7.87. The molecule has 124 valence electrons. The summed E-state index contributed by atoms with van der Waals surface area (Å²) in [5.41, 5.74) is 0.993. The van der Waals surface area contributed by atoms with Crippen LogP contribution in [0.15, 0.2) is 24.3 Å². The van der Waals surface area contributed by atoms with Crippen molar-refractivity contribution in [3.8, 4) is 23.7 Å². The maximum absolute atomic E-state index is 11.9. The maximum atomic E-state index is 11.9. The molecule has 0 fully saturated rings. The van der Waals surface area contributed by atoms with Crippen LogP contribution < -0.4 is 5.32 Å². The van der Waals surface area contributed by atoms with Crippen molar-refractivity contribution in [3.63, 3.8) is 0 Å². The van der Waals surface area contributed by atoms with E-state index >= 15 is 0 Å². The van der Waals surface area contributed by atoms with E-state index in [1.807, 2.05) is 0 Å². The number of rotatable bonds is 6. The van der Waals surface area contributed by atoms with Gasteiger partial charge >= 0.3 is 5.97 Å². The lowest BCUT2D eigenvalue weighted by Crippen LogP contribution is -2.28. The minimum atomic E-state index is -0.423. The fraction of sp³-hybridized carbons (Fsp3) is 0.312. The molecule has 1 N–H and O–H groups in total. The molecule has 2 aromatic rings. The number of benzene rings is 1. The second-order valence-electron chi connectivity index (χ2n) is 5.16. The van der Waals surface area contributed by atoms with E-state index in [-0.39, 0.29) is 25.1 Å². The van der Waals surface area contributed by atoms with Gasteiger partial charge in [0.1, 0.15) is 6.54 Å². The Hall–Kier alpha value is -3.21. The summed E-state index contributed by atoms with van der Waals surface area (Å²) in [5.74, 6) is 1.87. The summed E-state index contributed by atoms with van der Waals surface area (Å²) in [6.45, 7) is 3.60. The zero-order chi connectivity index (χ0) is 17.5. The number of hydrogen-bond acceptors (Lipinski definition) is 6. The number of nitrogens with one attached hydrogen (secondary N) is 1. The molecule has 0 unspecified atom stereocenters. The number of ether oxygens (including phenoxy) is 1. The van der Waals surface area contributed by atoms with Gasteiger partial charge in [0.2, 0.25) is 11.7 Å². The highest BCUT2D eigenvalue weighted by atomic mass is 16.5. The molecule has 8 nitrogen and oxygen atoms in total. The van der Waals surface area contributed by atoms with Crippen molar-refractivity contribution in [2.24, 2.45) is 0 Å². The first-order valence-electron chi connectivity index (χ1n) is 7.29. The normalized spacial score (nSPS) is 10.2. The molecule has 0 atom stereocenters. The van der Waals surface area contributed by atoms with Gasteiger partial charge in [-0.3, -0.25) is 4.79 Å². The number of hydrogen-bond donors (Lipinski definition) is 1. The largest absolute Gasteiger partial charge is 0.459 e. The zero-order valence-electron chi connectivity index (χ0n) is 13.4. The van der Waals surface area contributed by atoms with Crippen molar-refractivity contribution in [1.82, 2.24) is 25.5 Å². The summed E-state index contributed by atoms with van der Waals surface area (Å²) < 4.78 is 5.15. The van der Waals surface area contributed by atoms with Crippen LogP contribution in [0.1, 0.15) is 24.2 Å². The Morgan fingerprint density at radius 1 is 1.42 bits per heavy atom. The Balaban J connectivity index is 2.11. The number of aromatic nitrogens is 4. The minimum Gasteiger partial charge on any atom is -0.459 e. The Morgan fingerprint density at radius 2 is 2.21 bits per heavy atom. The van der Waals surface area contributed by atoms with Gasteiger partial charge in [-0.05, 0) is 31.2 Å². The molecule has 1 heterocycles. The SMILES string of the molecule is C#CCNC(=O)Cn1nnc(-c2cccc(C(=O)OC(C)C)c2)n1. The predicted octanol–water partition coefficient (Wildman–Crippen LogP) is 0.655. The van der Waals surface area contributed by atoms with Crippen LogP contribution in [0.5, 0.6) is 0 Å². The van der Waals surface area contributed by atoms with E-state index in [1.165, 1.54) is 0 Å². The molecule has 8 heteroatoms. The van der Waals surface area contributed by atoms with Crippen LogP contribution in [0.3, 0.4) is 0 Å². The highest BCUT2D eigenvalue weighted by Crippen LogP contribution is 2.16. The molecule has 1 aromatic carbocycles. The van der Waals surface area contributed by atoms with E-state index in [2.05, 4.69) is 26.6 Å². The summed E-state index contributed by atoms with van der Waals surface area (Å²) in [5, 5.41) is 14.3. The lowest BCUT2D eigenvalue weighted by atomic mass is 10.1.